The van der Waals surface area contributed by atoms with Gasteiger partial charge in [-0.15, -0.1) is 0 Å². The Kier molecular flexibility index (Phi) is 5.09. The van der Waals surface area contributed by atoms with Crippen molar-refractivity contribution in [2.24, 2.45) is 0 Å². The summed E-state index contributed by atoms with van der Waals surface area (Å²) in [5.74, 6) is -0.129. The predicted molar refractivity (Wildman–Crippen MR) is 80.1 cm³/mol. The molecule has 2 rings (SSSR count). The molecule has 0 bridgehead atoms. The van der Waals surface area contributed by atoms with Gasteiger partial charge in [0.2, 0.25) is 0 Å². The number of aryl methyl sites for hydroxylation is 1. The molecule has 1 N–H and O–H groups in total. The highest BCUT2D eigenvalue weighted by Crippen LogP contribution is 2.21. The van der Waals surface area contributed by atoms with E-state index >= 15 is 0 Å². The molecule has 3 nitrogen and oxygen atoms in total. The number of hydrogen-bond acceptors (Lipinski definition) is 2. The SMILES string of the molecule is Cc1ccccc1C(=O)NC(C)c1cccc(OC(F)F)c1. The van der Waals surface area contributed by atoms with Crippen molar-refractivity contribution in [3.05, 3.63) is 65.2 Å². The van der Waals surface area contributed by atoms with Gasteiger partial charge < -0.3 is 10.1 Å². The minimum Gasteiger partial charge on any atom is -0.435 e. The molecule has 2 aromatic rings. The minimum atomic E-state index is -2.87. The van der Waals surface area contributed by atoms with E-state index in [0.717, 1.165) is 5.56 Å². The number of carbonyl (C=O) groups is 1. The molecule has 2 aromatic carbocycles. The lowest BCUT2D eigenvalue weighted by atomic mass is 10.1. The van der Waals surface area contributed by atoms with Crippen molar-refractivity contribution in [2.75, 3.05) is 0 Å². The van der Waals surface area contributed by atoms with Crippen LogP contribution in [0.2, 0.25) is 0 Å². The maximum absolute atomic E-state index is 12.2. The van der Waals surface area contributed by atoms with Crippen LogP contribution < -0.4 is 10.1 Å². The van der Waals surface area contributed by atoms with Crippen LogP contribution in [0.4, 0.5) is 8.78 Å². The molecule has 1 amide bonds. The van der Waals surface area contributed by atoms with E-state index < -0.39 is 6.61 Å². The molecule has 116 valence electrons. The highest BCUT2D eigenvalue weighted by molar-refractivity contribution is 5.95. The maximum atomic E-state index is 12.2. The Hall–Kier alpha value is -2.43. The lowest BCUT2D eigenvalue weighted by molar-refractivity contribution is -0.0499. The fourth-order valence-electron chi connectivity index (χ4n) is 2.15. The average Bonchev–Trinajstić information content (AvgIpc) is 2.47. The first-order chi connectivity index (χ1) is 10.5. The van der Waals surface area contributed by atoms with Gasteiger partial charge in [-0.1, -0.05) is 30.3 Å². The number of carbonyl (C=O) groups excluding carboxylic acids is 1. The quantitative estimate of drug-likeness (QED) is 0.903. The number of alkyl halides is 2. The number of hydrogen-bond donors (Lipinski definition) is 1. The summed E-state index contributed by atoms with van der Waals surface area (Å²) in [5, 5.41) is 2.85. The zero-order chi connectivity index (χ0) is 16.1. The molecular formula is C17H17F2NO2. The Morgan fingerprint density at radius 2 is 1.86 bits per heavy atom. The van der Waals surface area contributed by atoms with Gasteiger partial charge in [0.25, 0.3) is 5.91 Å². The summed E-state index contributed by atoms with van der Waals surface area (Å²) in [4.78, 5) is 12.2. The third-order valence-electron chi connectivity index (χ3n) is 3.32. The number of benzene rings is 2. The molecule has 0 aliphatic rings. The highest BCUT2D eigenvalue weighted by Gasteiger charge is 2.14. The summed E-state index contributed by atoms with van der Waals surface area (Å²) in [5.41, 5.74) is 2.16. The van der Waals surface area contributed by atoms with Crippen LogP contribution in [0, 0.1) is 6.92 Å². The van der Waals surface area contributed by atoms with Crippen molar-refractivity contribution in [3.63, 3.8) is 0 Å². The Morgan fingerprint density at radius 3 is 2.55 bits per heavy atom. The molecule has 1 unspecified atom stereocenters. The van der Waals surface area contributed by atoms with Gasteiger partial charge in [-0.3, -0.25) is 4.79 Å². The van der Waals surface area contributed by atoms with E-state index in [1.54, 1.807) is 31.2 Å². The topological polar surface area (TPSA) is 38.3 Å². The Labute approximate surface area is 127 Å². The molecule has 0 saturated heterocycles. The van der Waals surface area contributed by atoms with Crippen molar-refractivity contribution in [1.82, 2.24) is 5.32 Å². The number of rotatable bonds is 5. The molecule has 0 radical (unpaired) electrons. The zero-order valence-corrected chi connectivity index (χ0v) is 12.3. The number of halogens is 2. The lowest BCUT2D eigenvalue weighted by Gasteiger charge is -2.16. The van der Waals surface area contributed by atoms with Gasteiger partial charge in [0.1, 0.15) is 5.75 Å². The first-order valence-electron chi connectivity index (χ1n) is 6.88. The molecule has 0 aliphatic heterocycles. The van der Waals surface area contributed by atoms with Crippen LogP contribution in [0.5, 0.6) is 5.75 Å². The van der Waals surface area contributed by atoms with Crippen LogP contribution in [-0.4, -0.2) is 12.5 Å². The third kappa shape index (κ3) is 4.04. The average molecular weight is 305 g/mol. The first kappa shape index (κ1) is 15.9. The second kappa shape index (κ2) is 7.02. The van der Waals surface area contributed by atoms with Crippen molar-refractivity contribution in [1.29, 1.82) is 0 Å². The molecule has 0 heterocycles. The van der Waals surface area contributed by atoms with Crippen LogP contribution >= 0.6 is 0 Å². The standard InChI is InChI=1S/C17H17F2NO2/c1-11-6-3-4-9-15(11)16(21)20-12(2)13-7-5-8-14(10-13)22-17(18)19/h3-10,12,17H,1-2H3,(H,20,21). The van der Waals surface area contributed by atoms with Gasteiger partial charge in [0.05, 0.1) is 6.04 Å². The van der Waals surface area contributed by atoms with E-state index in [1.165, 1.54) is 12.1 Å². The van der Waals surface area contributed by atoms with E-state index in [9.17, 15) is 13.6 Å². The zero-order valence-electron chi connectivity index (χ0n) is 12.3. The molecule has 0 aliphatic carbocycles. The van der Waals surface area contributed by atoms with Crippen molar-refractivity contribution in [2.45, 2.75) is 26.5 Å². The van der Waals surface area contributed by atoms with E-state index in [1.807, 2.05) is 19.1 Å². The molecule has 0 spiro atoms. The second-order valence-corrected chi connectivity index (χ2v) is 4.96. The Morgan fingerprint density at radius 1 is 1.14 bits per heavy atom. The van der Waals surface area contributed by atoms with Gasteiger partial charge in [0.15, 0.2) is 0 Å². The summed E-state index contributed by atoms with van der Waals surface area (Å²) in [6.07, 6.45) is 0. The molecule has 0 saturated carbocycles. The first-order valence-corrected chi connectivity index (χ1v) is 6.88. The van der Waals surface area contributed by atoms with Crippen LogP contribution in [0.25, 0.3) is 0 Å². The molecular weight excluding hydrogens is 288 g/mol. The van der Waals surface area contributed by atoms with Crippen LogP contribution in [0.1, 0.15) is 34.5 Å². The highest BCUT2D eigenvalue weighted by atomic mass is 19.3. The van der Waals surface area contributed by atoms with Gasteiger partial charge in [-0.2, -0.15) is 8.78 Å². The molecule has 0 aromatic heterocycles. The third-order valence-corrected chi connectivity index (χ3v) is 3.32. The predicted octanol–water partition coefficient (Wildman–Crippen LogP) is 4.09. The maximum Gasteiger partial charge on any atom is 0.387 e. The van der Waals surface area contributed by atoms with Crippen molar-refractivity contribution in [3.8, 4) is 5.75 Å². The molecule has 22 heavy (non-hydrogen) atoms. The van der Waals surface area contributed by atoms with Crippen LogP contribution in [0.3, 0.4) is 0 Å². The number of amides is 1. The Bertz CT molecular complexity index is 659. The smallest absolute Gasteiger partial charge is 0.387 e. The van der Waals surface area contributed by atoms with Gasteiger partial charge >= 0.3 is 6.61 Å². The monoisotopic (exact) mass is 305 g/mol. The van der Waals surface area contributed by atoms with E-state index in [2.05, 4.69) is 10.1 Å². The van der Waals surface area contributed by atoms with E-state index in [4.69, 9.17) is 0 Å². The minimum absolute atomic E-state index is 0.0736. The number of ether oxygens (including phenoxy) is 1. The number of nitrogens with one attached hydrogen (secondary N) is 1. The van der Waals surface area contributed by atoms with Crippen molar-refractivity contribution >= 4 is 5.91 Å². The summed E-state index contributed by atoms with van der Waals surface area (Å²) in [6, 6.07) is 13.2. The molecule has 0 fully saturated rings. The van der Waals surface area contributed by atoms with E-state index in [-0.39, 0.29) is 17.7 Å². The molecule has 5 heteroatoms. The van der Waals surface area contributed by atoms with Gasteiger partial charge in [-0.25, -0.2) is 0 Å². The lowest BCUT2D eigenvalue weighted by Crippen LogP contribution is -2.27. The fourth-order valence-corrected chi connectivity index (χ4v) is 2.15. The van der Waals surface area contributed by atoms with Crippen LogP contribution in [0.15, 0.2) is 48.5 Å². The summed E-state index contributed by atoms with van der Waals surface area (Å²) < 4.78 is 28.8. The van der Waals surface area contributed by atoms with E-state index in [0.29, 0.717) is 11.1 Å². The van der Waals surface area contributed by atoms with Crippen molar-refractivity contribution < 1.29 is 18.3 Å². The summed E-state index contributed by atoms with van der Waals surface area (Å²) in [6.45, 7) is 0.779. The van der Waals surface area contributed by atoms with Crippen LogP contribution in [-0.2, 0) is 0 Å². The summed E-state index contributed by atoms with van der Waals surface area (Å²) >= 11 is 0. The normalized spacial score (nSPS) is 12.0. The molecule has 1 atom stereocenters. The van der Waals surface area contributed by atoms with Gasteiger partial charge in [-0.05, 0) is 43.2 Å². The largest absolute Gasteiger partial charge is 0.435 e. The fraction of sp³-hybridized carbons (Fsp3) is 0.235. The van der Waals surface area contributed by atoms with Gasteiger partial charge in [0, 0.05) is 5.56 Å². The summed E-state index contributed by atoms with van der Waals surface area (Å²) in [7, 11) is 0. The Balaban J connectivity index is 2.10. The second-order valence-electron chi connectivity index (χ2n) is 4.96.